The molecule has 0 bridgehead atoms. The Morgan fingerprint density at radius 1 is 1.43 bits per heavy atom. The normalized spacial score (nSPS) is 18.0. The van der Waals surface area contributed by atoms with Crippen molar-refractivity contribution < 1.29 is 24.4 Å². The minimum Gasteiger partial charge on any atom is -0.477 e. The maximum absolute atomic E-state index is 11.6. The van der Waals surface area contributed by atoms with Gasteiger partial charge in [-0.1, -0.05) is 0 Å². The van der Waals surface area contributed by atoms with Crippen molar-refractivity contribution in [2.45, 2.75) is 18.9 Å². The molecule has 1 aromatic carbocycles. The first-order valence-corrected chi connectivity index (χ1v) is 6.00. The largest absolute Gasteiger partial charge is 0.477 e. The van der Waals surface area contributed by atoms with E-state index in [-0.39, 0.29) is 24.4 Å². The number of nitro benzene ring substituents is 1. The number of imide groups is 1. The first-order chi connectivity index (χ1) is 9.88. The lowest BCUT2D eigenvalue weighted by atomic mass is 10.1. The summed E-state index contributed by atoms with van der Waals surface area (Å²) in [6.07, 6.45) is 0.437. The summed E-state index contributed by atoms with van der Waals surface area (Å²) in [6, 6.07) is 2.77. The number of rotatable bonds is 4. The molecule has 1 heterocycles. The van der Waals surface area contributed by atoms with E-state index in [0.29, 0.717) is 0 Å². The Kier molecular flexibility index (Phi) is 3.83. The van der Waals surface area contributed by atoms with Crippen molar-refractivity contribution in [2.24, 2.45) is 0 Å². The molecule has 0 saturated carbocycles. The molecule has 0 spiro atoms. The van der Waals surface area contributed by atoms with Crippen LogP contribution in [0, 0.1) is 10.1 Å². The number of aromatic carboxylic acids is 1. The van der Waals surface area contributed by atoms with E-state index in [1.54, 1.807) is 0 Å². The second-order valence-electron chi connectivity index (χ2n) is 4.44. The molecule has 2 amide bonds. The molecule has 21 heavy (non-hydrogen) atoms. The summed E-state index contributed by atoms with van der Waals surface area (Å²) in [7, 11) is 0. The molecular formula is C12H11N3O6. The van der Waals surface area contributed by atoms with Gasteiger partial charge in [-0.3, -0.25) is 25.0 Å². The van der Waals surface area contributed by atoms with E-state index in [2.05, 4.69) is 10.6 Å². The van der Waals surface area contributed by atoms with Gasteiger partial charge in [0.1, 0.15) is 11.6 Å². The molecule has 1 unspecified atom stereocenters. The van der Waals surface area contributed by atoms with E-state index in [4.69, 9.17) is 5.11 Å². The van der Waals surface area contributed by atoms with Crippen molar-refractivity contribution in [1.29, 1.82) is 0 Å². The minimum absolute atomic E-state index is 0.169. The highest BCUT2D eigenvalue weighted by Gasteiger charge is 2.27. The van der Waals surface area contributed by atoms with Crippen molar-refractivity contribution >= 4 is 29.2 Å². The second kappa shape index (κ2) is 5.57. The Labute approximate surface area is 118 Å². The van der Waals surface area contributed by atoms with Crippen LogP contribution in [-0.4, -0.2) is 33.9 Å². The van der Waals surface area contributed by atoms with E-state index in [0.717, 1.165) is 12.1 Å². The standard InChI is InChI=1S/C12H11N3O6/c16-10-4-2-8(11(17)14-10)13-6-1-3-9(15(20)21)7(5-6)12(18)19/h1,3,5,8,13H,2,4H2,(H,18,19)(H,14,16,17). The van der Waals surface area contributed by atoms with Gasteiger partial charge in [-0.15, -0.1) is 0 Å². The van der Waals surface area contributed by atoms with Gasteiger partial charge in [-0.2, -0.15) is 0 Å². The van der Waals surface area contributed by atoms with Crippen molar-refractivity contribution in [3.8, 4) is 0 Å². The molecular weight excluding hydrogens is 282 g/mol. The number of nitro groups is 1. The molecule has 1 fully saturated rings. The summed E-state index contributed by atoms with van der Waals surface area (Å²) in [6.45, 7) is 0. The summed E-state index contributed by atoms with van der Waals surface area (Å²) in [5, 5.41) is 24.6. The molecule has 1 aromatic rings. The first-order valence-electron chi connectivity index (χ1n) is 6.00. The maximum atomic E-state index is 11.6. The lowest BCUT2D eigenvalue weighted by molar-refractivity contribution is -0.385. The number of nitrogens with one attached hydrogen (secondary N) is 2. The quantitative estimate of drug-likeness (QED) is 0.417. The highest BCUT2D eigenvalue weighted by molar-refractivity contribution is 6.01. The monoisotopic (exact) mass is 293 g/mol. The number of amides is 2. The summed E-state index contributed by atoms with van der Waals surface area (Å²) >= 11 is 0. The molecule has 0 aliphatic carbocycles. The van der Waals surface area contributed by atoms with Gasteiger partial charge < -0.3 is 10.4 Å². The van der Waals surface area contributed by atoms with Crippen molar-refractivity contribution in [1.82, 2.24) is 5.32 Å². The van der Waals surface area contributed by atoms with Crippen LogP contribution in [0.4, 0.5) is 11.4 Å². The Bertz CT molecular complexity index is 642. The molecule has 110 valence electrons. The second-order valence-corrected chi connectivity index (χ2v) is 4.44. The smallest absolute Gasteiger partial charge is 0.342 e. The van der Waals surface area contributed by atoms with Crippen LogP contribution in [0.5, 0.6) is 0 Å². The van der Waals surface area contributed by atoms with Gasteiger partial charge >= 0.3 is 5.97 Å². The fraction of sp³-hybridized carbons (Fsp3) is 0.250. The fourth-order valence-electron chi connectivity index (χ4n) is 1.99. The average Bonchev–Trinajstić information content (AvgIpc) is 2.41. The maximum Gasteiger partial charge on any atom is 0.342 e. The van der Waals surface area contributed by atoms with Gasteiger partial charge in [0, 0.05) is 18.2 Å². The number of carboxylic acids is 1. The number of carbonyl (C=O) groups is 3. The van der Waals surface area contributed by atoms with E-state index in [1.807, 2.05) is 0 Å². The average molecular weight is 293 g/mol. The molecule has 9 heteroatoms. The van der Waals surface area contributed by atoms with E-state index in [1.165, 1.54) is 6.07 Å². The summed E-state index contributed by atoms with van der Waals surface area (Å²) in [5.74, 6) is -2.32. The number of carboxylic acid groups (broad SMARTS) is 1. The number of hydrogen-bond acceptors (Lipinski definition) is 6. The molecule has 1 saturated heterocycles. The predicted molar refractivity (Wildman–Crippen MR) is 69.9 cm³/mol. The van der Waals surface area contributed by atoms with Crippen LogP contribution < -0.4 is 10.6 Å². The molecule has 3 N–H and O–H groups in total. The SMILES string of the molecule is O=C1CCC(Nc2ccc([N+](=O)[O-])c(C(=O)O)c2)C(=O)N1. The summed E-state index contributed by atoms with van der Waals surface area (Å²) in [5.41, 5.74) is -0.749. The number of benzene rings is 1. The third-order valence-corrected chi connectivity index (χ3v) is 3.00. The topological polar surface area (TPSA) is 139 Å². The van der Waals surface area contributed by atoms with Gasteiger partial charge in [0.2, 0.25) is 11.8 Å². The zero-order chi connectivity index (χ0) is 15.6. The third-order valence-electron chi connectivity index (χ3n) is 3.00. The van der Waals surface area contributed by atoms with Gasteiger partial charge in [-0.25, -0.2) is 4.79 Å². The lowest BCUT2D eigenvalue weighted by Gasteiger charge is -2.22. The van der Waals surface area contributed by atoms with E-state index >= 15 is 0 Å². The van der Waals surface area contributed by atoms with Crippen molar-refractivity contribution in [2.75, 3.05) is 5.32 Å². The number of piperidine rings is 1. The predicted octanol–water partition coefficient (Wildman–Crippen LogP) is 0.510. The Morgan fingerprint density at radius 3 is 2.71 bits per heavy atom. The van der Waals surface area contributed by atoms with Gasteiger partial charge in [0.15, 0.2) is 0 Å². The highest BCUT2D eigenvalue weighted by atomic mass is 16.6. The number of hydrogen-bond donors (Lipinski definition) is 3. The fourth-order valence-corrected chi connectivity index (χ4v) is 1.99. The first kappa shape index (κ1) is 14.4. The Balaban J connectivity index is 2.23. The number of anilines is 1. The van der Waals surface area contributed by atoms with Crippen LogP contribution in [-0.2, 0) is 9.59 Å². The van der Waals surface area contributed by atoms with E-state index in [9.17, 15) is 24.5 Å². The number of carbonyl (C=O) groups excluding carboxylic acids is 2. The zero-order valence-corrected chi connectivity index (χ0v) is 10.7. The third kappa shape index (κ3) is 3.14. The molecule has 9 nitrogen and oxygen atoms in total. The van der Waals surface area contributed by atoms with E-state index < -0.39 is 34.1 Å². The van der Waals surface area contributed by atoms with Crippen LogP contribution in [0.1, 0.15) is 23.2 Å². The highest BCUT2D eigenvalue weighted by Crippen LogP contribution is 2.24. The van der Waals surface area contributed by atoms with Crippen LogP contribution in [0.2, 0.25) is 0 Å². The zero-order valence-electron chi connectivity index (χ0n) is 10.7. The van der Waals surface area contributed by atoms with Crippen LogP contribution in [0.25, 0.3) is 0 Å². The van der Waals surface area contributed by atoms with Gasteiger partial charge in [-0.05, 0) is 18.6 Å². The lowest BCUT2D eigenvalue weighted by Crippen LogP contribution is -2.47. The van der Waals surface area contributed by atoms with Crippen LogP contribution in [0.3, 0.4) is 0 Å². The van der Waals surface area contributed by atoms with Crippen LogP contribution in [0.15, 0.2) is 18.2 Å². The molecule has 0 radical (unpaired) electrons. The molecule has 2 rings (SSSR count). The summed E-state index contributed by atoms with van der Waals surface area (Å²) in [4.78, 5) is 43.6. The van der Waals surface area contributed by atoms with Crippen LogP contribution >= 0.6 is 0 Å². The molecule has 1 aliphatic rings. The Hall–Kier alpha value is -2.97. The number of nitrogens with zero attached hydrogens (tertiary/aromatic N) is 1. The minimum atomic E-state index is -1.44. The molecule has 1 atom stereocenters. The van der Waals surface area contributed by atoms with Crippen molar-refractivity contribution in [3.63, 3.8) is 0 Å². The van der Waals surface area contributed by atoms with Gasteiger partial charge in [0.25, 0.3) is 5.69 Å². The molecule has 0 aromatic heterocycles. The van der Waals surface area contributed by atoms with Crippen molar-refractivity contribution in [3.05, 3.63) is 33.9 Å². The Morgan fingerprint density at radius 2 is 2.14 bits per heavy atom. The molecule has 1 aliphatic heterocycles. The summed E-state index contributed by atoms with van der Waals surface area (Å²) < 4.78 is 0. The van der Waals surface area contributed by atoms with Gasteiger partial charge in [0.05, 0.1) is 4.92 Å².